The molecular weight excluding hydrogens is 641 g/mol. The number of rotatable bonds is 4. The quantitative estimate of drug-likeness (QED) is 0.179. The van der Waals surface area contributed by atoms with Gasteiger partial charge in [0.1, 0.15) is 15.2 Å². The zero-order valence-electron chi connectivity index (χ0n) is 27.4. The van der Waals surface area contributed by atoms with Crippen LogP contribution >= 0.6 is 0 Å². The number of nitrogens with zero attached hydrogens (tertiary/aromatic N) is 6. The minimum atomic E-state index is -0.833. The Kier molecular flexibility index (Phi) is 6.02. The van der Waals surface area contributed by atoms with E-state index in [1.54, 1.807) is 0 Å². The molecule has 0 bridgehead atoms. The summed E-state index contributed by atoms with van der Waals surface area (Å²) in [7, 11) is -0.833. The summed E-state index contributed by atoms with van der Waals surface area (Å²) in [6.45, 7) is 0. The molecule has 0 spiro atoms. The van der Waals surface area contributed by atoms with Gasteiger partial charge in [0.2, 0.25) is 0 Å². The molecule has 238 valence electrons. The zero-order chi connectivity index (χ0) is 33.5. The van der Waals surface area contributed by atoms with Crippen LogP contribution in [-0.2, 0) is 0 Å². The monoisotopic (exact) mass is 668 g/mol. The molecule has 0 unspecified atom stereocenters. The highest BCUT2D eigenvalue weighted by Crippen LogP contribution is 2.36. The van der Waals surface area contributed by atoms with E-state index in [-0.39, 0.29) is 0 Å². The van der Waals surface area contributed by atoms with Gasteiger partial charge in [0, 0.05) is 44.0 Å². The van der Waals surface area contributed by atoms with Crippen LogP contribution in [0.4, 0.5) is 0 Å². The molecule has 0 radical (unpaired) electrons. The molecule has 1 aliphatic rings. The molecule has 0 atom stereocenters. The van der Waals surface area contributed by atoms with Gasteiger partial charge in [0.25, 0.3) is 0 Å². The van der Waals surface area contributed by atoms with Crippen LogP contribution in [0.3, 0.4) is 0 Å². The van der Waals surface area contributed by atoms with Crippen molar-refractivity contribution in [1.29, 1.82) is 0 Å². The van der Waals surface area contributed by atoms with Crippen LogP contribution < -0.4 is 10.5 Å². The molecule has 51 heavy (non-hydrogen) atoms. The van der Waals surface area contributed by atoms with Crippen LogP contribution in [0, 0.1) is 0 Å². The largest absolute Gasteiger partial charge is 0.309 e. The molecule has 5 heterocycles. The normalized spacial score (nSPS) is 12.7. The van der Waals surface area contributed by atoms with E-state index >= 15 is 0 Å². The number of hydrogen-bond acceptors (Lipinski definition) is 4. The summed E-state index contributed by atoms with van der Waals surface area (Å²) < 4.78 is 4.66. The number of aromatic nitrogens is 6. The maximum absolute atomic E-state index is 5.27. The van der Waals surface area contributed by atoms with E-state index in [9.17, 15) is 0 Å². The Morgan fingerprint density at radius 3 is 1.61 bits per heavy atom. The first-order valence-corrected chi connectivity index (χ1v) is 18.6. The third-order valence-corrected chi connectivity index (χ3v) is 12.0. The SMILES string of the molecule is c1ccc(-n2c3ccccc3c3cc(-c4ccc5c(n4)-c4nc(-c6ccc7c(c6)c6ccccc6n7-c6ccccc6)nnc4[SiH2]5)ccc32)cc1. The second-order valence-electron chi connectivity index (χ2n) is 13.2. The summed E-state index contributed by atoms with van der Waals surface area (Å²) >= 11 is 0. The van der Waals surface area contributed by atoms with Gasteiger partial charge in [-0.15, -0.1) is 5.10 Å². The van der Waals surface area contributed by atoms with Gasteiger partial charge in [0.15, 0.2) is 5.82 Å². The van der Waals surface area contributed by atoms with Crippen molar-refractivity contribution < 1.29 is 0 Å². The van der Waals surface area contributed by atoms with Crippen molar-refractivity contribution >= 4 is 63.6 Å². The molecule has 0 aliphatic carbocycles. The number of benzene rings is 6. The van der Waals surface area contributed by atoms with Crippen LogP contribution in [0.25, 0.3) is 89.0 Å². The number of pyridine rings is 1. The van der Waals surface area contributed by atoms with Crippen molar-refractivity contribution in [2.45, 2.75) is 0 Å². The van der Waals surface area contributed by atoms with E-state index in [2.05, 4.69) is 172 Å². The van der Waals surface area contributed by atoms with Gasteiger partial charge in [-0.3, -0.25) is 0 Å². The molecule has 10 aromatic rings. The molecule has 6 aromatic carbocycles. The fourth-order valence-corrected chi connectivity index (χ4v) is 9.48. The van der Waals surface area contributed by atoms with Crippen LogP contribution in [0.1, 0.15) is 0 Å². The molecule has 4 aromatic heterocycles. The number of hydrogen-bond donors (Lipinski definition) is 0. The topological polar surface area (TPSA) is 61.4 Å². The maximum atomic E-state index is 5.27. The van der Waals surface area contributed by atoms with Gasteiger partial charge in [-0.05, 0) is 78.0 Å². The first kappa shape index (κ1) is 28.2. The Labute approximate surface area is 295 Å². The van der Waals surface area contributed by atoms with Gasteiger partial charge in [-0.25, -0.2) is 9.97 Å². The van der Waals surface area contributed by atoms with Crippen LogP contribution in [0.5, 0.6) is 0 Å². The maximum Gasteiger partial charge on any atom is 0.182 e. The van der Waals surface area contributed by atoms with Crippen molar-refractivity contribution in [2.75, 3.05) is 0 Å². The zero-order valence-corrected chi connectivity index (χ0v) is 28.8. The highest BCUT2D eigenvalue weighted by molar-refractivity contribution is 6.72. The third-order valence-electron chi connectivity index (χ3n) is 10.2. The molecular formula is C44H28N6Si. The van der Waals surface area contributed by atoms with Gasteiger partial charge in [-0.1, -0.05) is 84.9 Å². The number of para-hydroxylation sites is 4. The average molecular weight is 669 g/mol. The molecule has 6 nitrogen and oxygen atoms in total. The lowest BCUT2D eigenvalue weighted by Crippen LogP contribution is -2.25. The van der Waals surface area contributed by atoms with Gasteiger partial charge in [0.05, 0.1) is 38.8 Å². The molecule has 1 aliphatic heterocycles. The van der Waals surface area contributed by atoms with Crippen LogP contribution in [-0.4, -0.2) is 38.8 Å². The van der Waals surface area contributed by atoms with Crippen molar-refractivity contribution in [1.82, 2.24) is 29.3 Å². The lowest BCUT2D eigenvalue weighted by molar-refractivity contribution is 1.01. The molecule has 0 fully saturated rings. The van der Waals surface area contributed by atoms with Gasteiger partial charge < -0.3 is 9.13 Å². The lowest BCUT2D eigenvalue weighted by Gasteiger charge is -2.09. The highest BCUT2D eigenvalue weighted by Gasteiger charge is 2.26. The van der Waals surface area contributed by atoms with Crippen LogP contribution in [0.2, 0.25) is 0 Å². The van der Waals surface area contributed by atoms with E-state index in [0.29, 0.717) is 5.82 Å². The lowest BCUT2D eigenvalue weighted by atomic mass is 10.1. The van der Waals surface area contributed by atoms with Crippen LogP contribution in [0.15, 0.2) is 158 Å². The smallest absolute Gasteiger partial charge is 0.182 e. The molecule has 7 heteroatoms. The third kappa shape index (κ3) is 4.28. The predicted octanol–water partition coefficient (Wildman–Crippen LogP) is 7.89. The van der Waals surface area contributed by atoms with E-state index in [0.717, 1.165) is 55.8 Å². The Hall–Kier alpha value is -6.70. The Morgan fingerprint density at radius 1 is 0.412 bits per heavy atom. The Morgan fingerprint density at radius 2 is 0.961 bits per heavy atom. The van der Waals surface area contributed by atoms with Gasteiger partial charge >= 0.3 is 0 Å². The summed E-state index contributed by atoms with van der Waals surface area (Å²) in [5, 5.41) is 16.5. The molecule has 11 rings (SSSR count). The van der Waals surface area contributed by atoms with E-state index in [1.165, 1.54) is 37.9 Å². The summed E-state index contributed by atoms with van der Waals surface area (Å²) in [5.74, 6) is 0.622. The standard InChI is InChI=1S/C44H28N6Si/c1-3-11-29(12-4-1)49-36-17-9-7-15-31(36)33-25-27(19-22-38(33)49)35-21-24-40-41(45-35)42-44(51-40)48-47-43(46-42)28-20-23-39-34(26-28)32-16-8-10-18-37(32)50(39)30-13-5-2-6-14-30/h1-26H,51H2. The fourth-order valence-electron chi connectivity index (χ4n) is 7.91. The Bertz CT molecular complexity index is 2800. The summed E-state index contributed by atoms with van der Waals surface area (Å²) in [4.78, 5) is 10.4. The first-order chi connectivity index (χ1) is 25.3. The highest BCUT2D eigenvalue weighted by atomic mass is 28.2. The van der Waals surface area contributed by atoms with E-state index in [1.807, 2.05) is 0 Å². The molecule has 0 N–H and O–H groups in total. The minimum absolute atomic E-state index is 0.622. The number of fused-ring (bicyclic) bond motifs is 9. The summed E-state index contributed by atoms with van der Waals surface area (Å²) in [6.07, 6.45) is 0. The first-order valence-electron chi connectivity index (χ1n) is 17.2. The van der Waals surface area contributed by atoms with E-state index < -0.39 is 9.52 Å². The second-order valence-corrected chi connectivity index (χ2v) is 14.9. The second kappa shape index (κ2) is 10.9. The summed E-state index contributed by atoms with van der Waals surface area (Å²) in [6, 6.07) is 55.8. The average Bonchev–Trinajstić information content (AvgIpc) is 3.85. The van der Waals surface area contributed by atoms with Crippen molar-refractivity contribution in [3.8, 4) is 45.4 Å². The van der Waals surface area contributed by atoms with Crippen molar-refractivity contribution in [3.05, 3.63) is 158 Å². The van der Waals surface area contributed by atoms with E-state index in [4.69, 9.17) is 15.1 Å². The minimum Gasteiger partial charge on any atom is -0.309 e. The summed E-state index contributed by atoms with van der Waals surface area (Å²) in [5.41, 5.74) is 11.7. The van der Waals surface area contributed by atoms with Crippen molar-refractivity contribution in [3.63, 3.8) is 0 Å². The molecule has 0 amide bonds. The van der Waals surface area contributed by atoms with Crippen molar-refractivity contribution in [2.24, 2.45) is 0 Å². The fraction of sp³-hybridized carbons (Fsp3) is 0. The van der Waals surface area contributed by atoms with Gasteiger partial charge in [-0.2, -0.15) is 5.10 Å². The molecule has 0 saturated carbocycles. The Balaban J connectivity index is 1.01. The molecule has 0 saturated heterocycles. The predicted molar refractivity (Wildman–Crippen MR) is 210 cm³/mol.